The molecule has 0 spiro atoms. The fourth-order valence-corrected chi connectivity index (χ4v) is 7.03. The molecule has 1 amide bonds. The SMILES string of the molecule is O=C(Nc1ccc2[nH]c(=O)[nH]c2c1)C12C[C@@H]3C[C@@H](C1)CC(c1ccccc1)(C3)C2. The second kappa shape index (κ2) is 5.85. The highest BCUT2D eigenvalue weighted by Gasteiger charge is 2.60. The zero-order chi connectivity index (χ0) is 19.6. The van der Waals surface area contributed by atoms with Gasteiger partial charge in [-0.2, -0.15) is 0 Å². The predicted octanol–water partition coefficient (Wildman–Crippen LogP) is 4.33. The van der Waals surface area contributed by atoms with Crippen LogP contribution >= 0.6 is 0 Å². The average Bonchev–Trinajstić information content (AvgIpc) is 3.07. The fraction of sp³-hybridized carbons (Fsp3) is 0.417. The third-order valence-electron chi connectivity index (χ3n) is 7.70. The number of benzene rings is 2. The number of carbonyl (C=O) groups excluding carboxylic acids is 1. The Morgan fingerprint density at radius 2 is 1.66 bits per heavy atom. The summed E-state index contributed by atoms with van der Waals surface area (Å²) in [6.45, 7) is 0. The molecule has 4 saturated carbocycles. The van der Waals surface area contributed by atoms with E-state index in [2.05, 4.69) is 45.6 Å². The smallest absolute Gasteiger partial charge is 0.323 e. The summed E-state index contributed by atoms with van der Waals surface area (Å²) >= 11 is 0. The lowest BCUT2D eigenvalue weighted by molar-refractivity contribution is -0.143. The molecule has 7 rings (SSSR count). The van der Waals surface area contributed by atoms with Crippen molar-refractivity contribution in [1.82, 2.24) is 9.97 Å². The Kier molecular flexibility index (Phi) is 3.44. The number of hydrogen-bond acceptors (Lipinski definition) is 2. The third kappa shape index (κ3) is 2.60. The minimum Gasteiger partial charge on any atom is -0.326 e. The lowest BCUT2D eigenvalue weighted by atomic mass is 9.42. The minimum absolute atomic E-state index is 0.151. The van der Waals surface area contributed by atoms with Gasteiger partial charge in [0.05, 0.1) is 16.4 Å². The zero-order valence-electron chi connectivity index (χ0n) is 16.3. The Balaban J connectivity index is 1.33. The standard InChI is InChI=1S/C24H25N3O2/c28-21(25-18-6-7-19-20(9-18)27-22(29)26-19)24-12-15-8-16(13-24)11-23(10-15,14-24)17-4-2-1-3-5-17/h1-7,9,15-16H,8,10-14H2,(H,25,28)(H2,26,27,29)/t15-,16-,23?,24?/m1/s1. The van der Waals surface area contributed by atoms with Crippen LogP contribution in [0.4, 0.5) is 5.69 Å². The van der Waals surface area contributed by atoms with Gasteiger partial charge >= 0.3 is 5.69 Å². The van der Waals surface area contributed by atoms with E-state index in [0.717, 1.165) is 36.0 Å². The van der Waals surface area contributed by atoms with E-state index in [1.54, 1.807) is 0 Å². The first kappa shape index (κ1) is 17.1. The second-order valence-corrected chi connectivity index (χ2v) is 9.68. The molecule has 5 nitrogen and oxygen atoms in total. The van der Waals surface area contributed by atoms with Gasteiger partial charge < -0.3 is 15.3 Å². The van der Waals surface area contributed by atoms with Crippen LogP contribution in [0.3, 0.4) is 0 Å². The van der Waals surface area contributed by atoms with Gasteiger partial charge in [-0.25, -0.2) is 4.79 Å². The van der Waals surface area contributed by atoms with E-state index in [9.17, 15) is 9.59 Å². The summed E-state index contributed by atoms with van der Waals surface area (Å²) in [4.78, 5) is 30.6. The molecular formula is C24H25N3O2. The molecule has 0 aliphatic heterocycles. The number of H-pyrrole nitrogens is 2. The average molecular weight is 387 g/mol. The van der Waals surface area contributed by atoms with Crippen molar-refractivity contribution in [2.75, 3.05) is 5.32 Å². The highest BCUT2D eigenvalue weighted by molar-refractivity contribution is 5.97. The maximum Gasteiger partial charge on any atom is 0.323 e. The van der Waals surface area contributed by atoms with Gasteiger partial charge in [-0.15, -0.1) is 0 Å². The summed E-state index contributed by atoms with van der Waals surface area (Å²) in [6, 6.07) is 16.4. The first-order valence-corrected chi connectivity index (χ1v) is 10.6. The number of fused-ring (bicyclic) bond motifs is 1. The van der Waals surface area contributed by atoms with Crippen molar-refractivity contribution in [1.29, 1.82) is 0 Å². The molecule has 3 N–H and O–H groups in total. The molecule has 4 aliphatic rings. The monoisotopic (exact) mass is 387 g/mol. The minimum atomic E-state index is -0.277. The van der Waals surface area contributed by atoms with Gasteiger partial charge in [-0.05, 0) is 79.5 Å². The molecule has 29 heavy (non-hydrogen) atoms. The van der Waals surface area contributed by atoms with E-state index in [0.29, 0.717) is 11.8 Å². The van der Waals surface area contributed by atoms with Crippen LogP contribution in [-0.2, 0) is 10.2 Å². The van der Waals surface area contributed by atoms with Crippen LogP contribution in [0, 0.1) is 17.3 Å². The summed E-state index contributed by atoms with van der Waals surface area (Å²) in [5.74, 6) is 1.44. The van der Waals surface area contributed by atoms with Crippen molar-refractivity contribution in [2.24, 2.45) is 17.3 Å². The van der Waals surface area contributed by atoms with Gasteiger partial charge in [-0.3, -0.25) is 4.79 Å². The number of aromatic amines is 2. The normalized spacial score (nSPS) is 32.6. The first-order chi connectivity index (χ1) is 14.0. The summed E-state index contributed by atoms with van der Waals surface area (Å²) in [5.41, 5.74) is 3.29. The van der Waals surface area contributed by atoms with E-state index < -0.39 is 0 Å². The molecule has 2 atom stereocenters. The second-order valence-electron chi connectivity index (χ2n) is 9.68. The summed E-state index contributed by atoms with van der Waals surface area (Å²) < 4.78 is 0. The maximum atomic E-state index is 13.6. The molecule has 5 heteroatoms. The van der Waals surface area contributed by atoms with Crippen LogP contribution < -0.4 is 11.0 Å². The van der Waals surface area contributed by atoms with E-state index >= 15 is 0 Å². The molecule has 0 unspecified atom stereocenters. The zero-order valence-corrected chi connectivity index (χ0v) is 16.3. The van der Waals surface area contributed by atoms with Crippen LogP contribution in [0.15, 0.2) is 53.3 Å². The lowest BCUT2D eigenvalue weighted by Gasteiger charge is -2.61. The van der Waals surface area contributed by atoms with E-state index in [4.69, 9.17) is 0 Å². The van der Waals surface area contributed by atoms with Gasteiger partial charge in [0, 0.05) is 5.69 Å². The Bertz CT molecular complexity index is 1150. The van der Waals surface area contributed by atoms with E-state index in [1.807, 2.05) is 18.2 Å². The Morgan fingerprint density at radius 3 is 2.41 bits per heavy atom. The number of rotatable bonds is 3. The van der Waals surface area contributed by atoms with Gasteiger partial charge in [0.1, 0.15) is 0 Å². The number of anilines is 1. The number of amides is 1. The largest absolute Gasteiger partial charge is 0.326 e. The molecule has 1 aromatic heterocycles. The molecule has 148 valence electrons. The fourth-order valence-electron chi connectivity index (χ4n) is 7.03. The highest BCUT2D eigenvalue weighted by Crippen LogP contribution is 2.65. The molecule has 0 radical (unpaired) electrons. The molecular weight excluding hydrogens is 362 g/mol. The van der Waals surface area contributed by atoms with Gasteiger partial charge in [-0.1, -0.05) is 30.3 Å². The maximum absolute atomic E-state index is 13.6. The summed E-state index contributed by atoms with van der Waals surface area (Å²) in [6.07, 6.45) is 6.69. The predicted molar refractivity (Wildman–Crippen MR) is 113 cm³/mol. The number of hydrogen-bond donors (Lipinski definition) is 3. The van der Waals surface area contributed by atoms with Crippen molar-refractivity contribution in [3.05, 3.63) is 64.6 Å². The Morgan fingerprint density at radius 1 is 0.931 bits per heavy atom. The Labute approximate surface area is 168 Å². The van der Waals surface area contributed by atoms with Crippen molar-refractivity contribution in [3.63, 3.8) is 0 Å². The van der Waals surface area contributed by atoms with Crippen LogP contribution in [-0.4, -0.2) is 15.9 Å². The number of imidazole rings is 1. The number of nitrogens with one attached hydrogen (secondary N) is 3. The molecule has 1 heterocycles. The van der Waals surface area contributed by atoms with Crippen molar-refractivity contribution < 1.29 is 4.79 Å². The van der Waals surface area contributed by atoms with Gasteiger partial charge in [0.2, 0.25) is 5.91 Å². The molecule has 0 saturated heterocycles. The van der Waals surface area contributed by atoms with Crippen molar-refractivity contribution in [2.45, 2.75) is 43.9 Å². The molecule has 2 aromatic carbocycles. The Hall–Kier alpha value is -2.82. The lowest BCUT2D eigenvalue weighted by Crippen LogP contribution is -2.57. The third-order valence-corrected chi connectivity index (χ3v) is 7.70. The van der Waals surface area contributed by atoms with Crippen molar-refractivity contribution in [3.8, 4) is 0 Å². The molecule has 4 fully saturated rings. The van der Waals surface area contributed by atoms with Crippen molar-refractivity contribution >= 4 is 22.6 Å². The topological polar surface area (TPSA) is 77.8 Å². The molecule has 4 bridgehead atoms. The van der Waals surface area contributed by atoms with Gasteiger partial charge in [0.25, 0.3) is 0 Å². The van der Waals surface area contributed by atoms with Crippen LogP contribution in [0.5, 0.6) is 0 Å². The number of aromatic nitrogens is 2. The summed E-state index contributed by atoms with van der Waals surface area (Å²) in [7, 11) is 0. The molecule has 4 aliphatic carbocycles. The van der Waals surface area contributed by atoms with E-state index in [1.165, 1.54) is 24.8 Å². The van der Waals surface area contributed by atoms with Crippen LogP contribution in [0.25, 0.3) is 11.0 Å². The molecule has 3 aromatic rings. The highest BCUT2D eigenvalue weighted by atomic mass is 16.2. The first-order valence-electron chi connectivity index (χ1n) is 10.6. The van der Waals surface area contributed by atoms with Crippen LogP contribution in [0.2, 0.25) is 0 Å². The van der Waals surface area contributed by atoms with Crippen LogP contribution in [0.1, 0.15) is 44.1 Å². The van der Waals surface area contributed by atoms with Gasteiger partial charge in [0.15, 0.2) is 0 Å². The van der Waals surface area contributed by atoms with E-state index in [-0.39, 0.29) is 22.4 Å². The summed E-state index contributed by atoms with van der Waals surface area (Å²) in [5, 5.41) is 3.19. The number of carbonyl (C=O) groups is 1. The quantitative estimate of drug-likeness (QED) is 0.625.